The van der Waals surface area contributed by atoms with E-state index in [-0.39, 0.29) is 13.0 Å². The van der Waals surface area contributed by atoms with Crippen LogP contribution in [0.2, 0.25) is 0 Å². The maximum absolute atomic E-state index is 9.94. The van der Waals surface area contributed by atoms with Crippen molar-refractivity contribution in [3.8, 4) is 24.5 Å². The highest BCUT2D eigenvalue weighted by Gasteiger charge is 2.43. The van der Waals surface area contributed by atoms with E-state index < -0.39 is 11.6 Å². The molecule has 0 aromatic rings. The molecule has 0 amide bonds. The van der Waals surface area contributed by atoms with Gasteiger partial charge in [0.1, 0.15) is 6.07 Å². The molecule has 2 atom stereocenters. The summed E-state index contributed by atoms with van der Waals surface area (Å²) in [6, 6.07) is 3.70. The fourth-order valence-corrected chi connectivity index (χ4v) is 1.40. The van der Waals surface area contributed by atoms with Crippen LogP contribution in [0.3, 0.4) is 0 Å². The Morgan fingerprint density at radius 3 is 2.79 bits per heavy atom. The van der Waals surface area contributed by atoms with Gasteiger partial charge in [-0.25, -0.2) is 0 Å². The van der Waals surface area contributed by atoms with Gasteiger partial charge in [0.2, 0.25) is 5.72 Å². The minimum absolute atomic E-state index is 0.0988. The second kappa shape index (κ2) is 3.83. The van der Waals surface area contributed by atoms with Crippen molar-refractivity contribution in [2.75, 3.05) is 6.54 Å². The Hall–Kier alpha value is -1.96. The standard InChI is InChI=1S/C10H9N3O/c1-2-6-13-7-4-9(3-5-11)10(13,14)8-12/h1,4,7,9,14H,3,6H2/t9-,10-/m0/s1. The molecule has 1 rings (SSSR count). The zero-order valence-electron chi connectivity index (χ0n) is 7.51. The molecule has 0 bridgehead atoms. The molecule has 0 saturated heterocycles. The van der Waals surface area contributed by atoms with Gasteiger partial charge in [0.05, 0.1) is 18.5 Å². The van der Waals surface area contributed by atoms with E-state index in [1.54, 1.807) is 18.3 Å². The Morgan fingerprint density at radius 2 is 2.29 bits per heavy atom. The first-order valence-corrected chi connectivity index (χ1v) is 4.08. The van der Waals surface area contributed by atoms with Gasteiger partial charge in [0, 0.05) is 12.6 Å². The van der Waals surface area contributed by atoms with Crippen molar-refractivity contribution in [3.05, 3.63) is 12.3 Å². The molecule has 14 heavy (non-hydrogen) atoms. The number of rotatable bonds is 2. The van der Waals surface area contributed by atoms with Gasteiger partial charge in [0.15, 0.2) is 0 Å². The molecule has 1 heterocycles. The van der Waals surface area contributed by atoms with Gasteiger partial charge in [-0.15, -0.1) is 6.42 Å². The summed E-state index contributed by atoms with van der Waals surface area (Å²) in [6.45, 7) is 0.155. The Bertz CT molecular complexity index is 340. The number of aliphatic hydroxyl groups is 1. The van der Waals surface area contributed by atoms with Crippen molar-refractivity contribution < 1.29 is 5.11 Å². The largest absolute Gasteiger partial charge is 0.359 e. The molecule has 0 fully saturated rings. The van der Waals surface area contributed by atoms with Gasteiger partial charge >= 0.3 is 0 Å². The van der Waals surface area contributed by atoms with Crippen LogP contribution in [0.1, 0.15) is 6.42 Å². The number of nitrogens with zero attached hydrogens (tertiary/aromatic N) is 3. The quantitative estimate of drug-likeness (QED) is 0.495. The summed E-state index contributed by atoms with van der Waals surface area (Å²) in [5.41, 5.74) is -1.66. The number of hydrogen-bond donors (Lipinski definition) is 1. The Labute approximate surface area is 82.7 Å². The zero-order valence-corrected chi connectivity index (χ0v) is 7.51. The fourth-order valence-electron chi connectivity index (χ4n) is 1.40. The van der Waals surface area contributed by atoms with E-state index in [1.807, 2.05) is 6.07 Å². The molecular formula is C10H9N3O. The molecule has 4 nitrogen and oxygen atoms in total. The monoisotopic (exact) mass is 187 g/mol. The summed E-state index contributed by atoms with van der Waals surface area (Å²) < 4.78 is 0. The lowest BCUT2D eigenvalue weighted by Gasteiger charge is -2.30. The molecule has 1 N–H and O–H groups in total. The first-order valence-electron chi connectivity index (χ1n) is 4.08. The smallest absolute Gasteiger partial charge is 0.236 e. The summed E-state index contributed by atoms with van der Waals surface area (Å²) in [4.78, 5) is 1.36. The SMILES string of the molecule is C#CCN1C=C[C@H](CC#N)[C@@]1(O)C#N. The summed E-state index contributed by atoms with van der Waals surface area (Å²) in [5, 5.41) is 27.3. The van der Waals surface area contributed by atoms with Crippen molar-refractivity contribution in [1.82, 2.24) is 4.90 Å². The molecule has 0 radical (unpaired) electrons. The second-order valence-electron chi connectivity index (χ2n) is 2.98. The van der Waals surface area contributed by atoms with E-state index >= 15 is 0 Å². The predicted molar refractivity (Wildman–Crippen MR) is 49.0 cm³/mol. The van der Waals surface area contributed by atoms with Crippen LogP contribution in [-0.4, -0.2) is 22.3 Å². The summed E-state index contributed by atoms with van der Waals surface area (Å²) in [7, 11) is 0. The van der Waals surface area contributed by atoms with E-state index in [9.17, 15) is 5.11 Å². The van der Waals surface area contributed by atoms with Crippen LogP contribution in [0.15, 0.2) is 12.3 Å². The molecule has 4 heteroatoms. The first kappa shape index (κ1) is 10.1. The lowest BCUT2D eigenvalue weighted by molar-refractivity contribution is -0.0428. The molecular weight excluding hydrogens is 178 g/mol. The third-order valence-corrected chi connectivity index (χ3v) is 2.19. The fraction of sp³-hybridized carbons (Fsp3) is 0.400. The van der Waals surface area contributed by atoms with E-state index in [2.05, 4.69) is 5.92 Å². The number of nitriles is 2. The summed E-state index contributed by atoms with van der Waals surface area (Å²) in [6.07, 6.45) is 8.38. The van der Waals surface area contributed by atoms with Crippen LogP contribution < -0.4 is 0 Å². The highest BCUT2D eigenvalue weighted by atomic mass is 16.3. The molecule has 0 unspecified atom stereocenters. The molecule has 0 spiro atoms. The van der Waals surface area contributed by atoms with E-state index in [4.69, 9.17) is 16.9 Å². The van der Waals surface area contributed by atoms with Crippen molar-refractivity contribution in [2.24, 2.45) is 5.92 Å². The van der Waals surface area contributed by atoms with Crippen LogP contribution in [0.25, 0.3) is 0 Å². The van der Waals surface area contributed by atoms with Gasteiger partial charge in [0.25, 0.3) is 0 Å². The molecule has 0 saturated carbocycles. The molecule has 0 aromatic heterocycles. The Morgan fingerprint density at radius 1 is 1.57 bits per heavy atom. The first-order chi connectivity index (χ1) is 6.69. The van der Waals surface area contributed by atoms with E-state index in [0.717, 1.165) is 0 Å². The lowest BCUT2D eigenvalue weighted by Crippen LogP contribution is -2.46. The topological polar surface area (TPSA) is 71.1 Å². The van der Waals surface area contributed by atoms with Gasteiger partial charge in [-0.3, -0.25) is 0 Å². The van der Waals surface area contributed by atoms with Crippen LogP contribution in [0.4, 0.5) is 0 Å². The lowest BCUT2D eigenvalue weighted by atomic mass is 9.96. The van der Waals surface area contributed by atoms with Crippen LogP contribution in [0, 0.1) is 40.9 Å². The van der Waals surface area contributed by atoms with Gasteiger partial charge in [-0.1, -0.05) is 12.0 Å². The van der Waals surface area contributed by atoms with Crippen LogP contribution in [0.5, 0.6) is 0 Å². The molecule has 0 aliphatic carbocycles. The average Bonchev–Trinajstić information content (AvgIpc) is 2.48. The Balaban J connectivity index is 2.89. The molecule has 1 aliphatic heterocycles. The predicted octanol–water partition coefficient (Wildman–Crippen LogP) is 0.191. The molecule has 1 aliphatic rings. The van der Waals surface area contributed by atoms with E-state index in [1.165, 1.54) is 4.90 Å². The van der Waals surface area contributed by atoms with Crippen molar-refractivity contribution in [1.29, 1.82) is 10.5 Å². The van der Waals surface area contributed by atoms with Gasteiger partial charge < -0.3 is 10.0 Å². The minimum atomic E-state index is -1.66. The Kier molecular flexibility index (Phi) is 2.77. The highest BCUT2D eigenvalue weighted by Crippen LogP contribution is 2.31. The van der Waals surface area contributed by atoms with Crippen molar-refractivity contribution in [3.63, 3.8) is 0 Å². The van der Waals surface area contributed by atoms with Crippen LogP contribution >= 0.6 is 0 Å². The highest BCUT2D eigenvalue weighted by molar-refractivity contribution is 5.21. The minimum Gasteiger partial charge on any atom is -0.359 e. The third kappa shape index (κ3) is 1.42. The van der Waals surface area contributed by atoms with E-state index in [0.29, 0.717) is 0 Å². The second-order valence-corrected chi connectivity index (χ2v) is 2.98. The van der Waals surface area contributed by atoms with Crippen LogP contribution in [-0.2, 0) is 0 Å². The summed E-state index contributed by atoms with van der Waals surface area (Å²) >= 11 is 0. The third-order valence-electron chi connectivity index (χ3n) is 2.19. The van der Waals surface area contributed by atoms with Gasteiger partial charge in [-0.2, -0.15) is 10.5 Å². The average molecular weight is 187 g/mol. The summed E-state index contributed by atoms with van der Waals surface area (Å²) in [5.74, 6) is 1.85. The number of hydrogen-bond acceptors (Lipinski definition) is 4. The normalized spacial score (nSPS) is 29.3. The number of terminal acetylenes is 1. The molecule has 70 valence electrons. The maximum Gasteiger partial charge on any atom is 0.236 e. The zero-order chi connectivity index (χ0) is 10.6. The van der Waals surface area contributed by atoms with Crippen molar-refractivity contribution >= 4 is 0 Å². The van der Waals surface area contributed by atoms with Gasteiger partial charge in [-0.05, 0) is 0 Å². The molecule has 0 aromatic carbocycles. The maximum atomic E-state index is 9.94. The van der Waals surface area contributed by atoms with Crippen molar-refractivity contribution in [2.45, 2.75) is 12.1 Å².